The van der Waals surface area contributed by atoms with Gasteiger partial charge in [0.2, 0.25) is 5.91 Å². The summed E-state index contributed by atoms with van der Waals surface area (Å²) < 4.78 is 23.3. The fourth-order valence-electron chi connectivity index (χ4n) is 8.54. The summed E-state index contributed by atoms with van der Waals surface area (Å²) in [5.41, 5.74) is 0. The minimum Gasteiger partial charge on any atom is -0.756 e. The molecule has 0 aliphatic heterocycles. The molecule has 1 amide bonds. The van der Waals surface area contributed by atoms with Gasteiger partial charge in [-0.2, -0.15) is 0 Å². The van der Waals surface area contributed by atoms with Crippen LogP contribution in [0.2, 0.25) is 0 Å². The Labute approximate surface area is 417 Å². The summed E-state index contributed by atoms with van der Waals surface area (Å²) in [6, 6.07) is -0.886. The van der Waals surface area contributed by atoms with Gasteiger partial charge in [-0.25, -0.2) is 0 Å². The van der Waals surface area contributed by atoms with E-state index in [4.69, 9.17) is 9.05 Å². The van der Waals surface area contributed by atoms with E-state index in [0.29, 0.717) is 17.4 Å². The van der Waals surface area contributed by atoms with Crippen molar-refractivity contribution >= 4 is 13.7 Å². The molecule has 0 aromatic rings. The second-order valence-electron chi connectivity index (χ2n) is 21.0. The maximum Gasteiger partial charge on any atom is 0.268 e. The number of nitrogens with zero attached hydrogens (tertiary/aromatic N) is 1. The van der Waals surface area contributed by atoms with E-state index in [1.54, 1.807) is 6.08 Å². The largest absolute Gasteiger partial charge is 0.756 e. The van der Waals surface area contributed by atoms with E-state index in [2.05, 4.69) is 43.5 Å². The standard InChI is InChI=1S/C58H113N2O6P/c1-6-8-10-12-14-16-18-20-22-24-26-27-28-29-30-31-32-33-34-36-38-40-42-44-46-48-50-52-58(62)59-56(55-66-67(63,64)65-54-53-60(3,4)5)57(61)51-49-47-45-43-41-39-37-35-25-23-21-19-17-15-13-11-9-7-2/h18,20,24,26,49,51,56-57,61H,6-17,19,21-23,25,27-48,50,52-55H2,1-5H3,(H-,59,62,63,64)/b20-18-,26-24-,51-49+. The van der Waals surface area contributed by atoms with Crippen molar-refractivity contribution in [3.05, 3.63) is 36.5 Å². The number of nitrogens with one attached hydrogen (secondary N) is 1. The number of carbonyl (C=O) groups excluding carboxylic acids is 1. The lowest BCUT2D eigenvalue weighted by Crippen LogP contribution is -2.45. The van der Waals surface area contributed by atoms with Gasteiger partial charge in [-0.3, -0.25) is 9.36 Å². The fraction of sp³-hybridized carbons (Fsp3) is 0.879. The van der Waals surface area contributed by atoms with Crippen LogP contribution in [0.5, 0.6) is 0 Å². The Kier molecular flexibility index (Phi) is 48.7. The van der Waals surface area contributed by atoms with Gasteiger partial charge in [0.25, 0.3) is 7.82 Å². The van der Waals surface area contributed by atoms with Gasteiger partial charge in [0.15, 0.2) is 0 Å². The number of phosphoric acid groups is 1. The number of allylic oxidation sites excluding steroid dienone is 5. The molecule has 0 aromatic carbocycles. The molecule has 0 heterocycles. The van der Waals surface area contributed by atoms with Crippen LogP contribution in [0.15, 0.2) is 36.5 Å². The first-order valence-corrected chi connectivity index (χ1v) is 30.3. The first-order valence-electron chi connectivity index (χ1n) is 28.9. The highest BCUT2D eigenvalue weighted by Crippen LogP contribution is 2.38. The van der Waals surface area contributed by atoms with Crippen molar-refractivity contribution in [2.24, 2.45) is 0 Å². The number of hydrogen-bond acceptors (Lipinski definition) is 6. The van der Waals surface area contributed by atoms with Crippen molar-refractivity contribution in [1.82, 2.24) is 5.32 Å². The Morgan fingerprint density at radius 2 is 0.866 bits per heavy atom. The van der Waals surface area contributed by atoms with Crippen LogP contribution in [-0.4, -0.2) is 68.5 Å². The average Bonchev–Trinajstić information content (AvgIpc) is 3.29. The quantitative estimate of drug-likeness (QED) is 0.0272. The highest BCUT2D eigenvalue weighted by molar-refractivity contribution is 7.45. The van der Waals surface area contributed by atoms with E-state index >= 15 is 0 Å². The minimum atomic E-state index is -4.59. The molecule has 8 nitrogen and oxygen atoms in total. The van der Waals surface area contributed by atoms with Crippen LogP contribution in [0.4, 0.5) is 0 Å². The zero-order valence-electron chi connectivity index (χ0n) is 45.1. The zero-order valence-corrected chi connectivity index (χ0v) is 46.0. The van der Waals surface area contributed by atoms with Gasteiger partial charge in [0.05, 0.1) is 39.9 Å². The lowest BCUT2D eigenvalue weighted by Gasteiger charge is -2.29. The minimum absolute atomic E-state index is 0.000103. The first kappa shape index (κ1) is 65.7. The highest BCUT2D eigenvalue weighted by atomic mass is 31.2. The topological polar surface area (TPSA) is 108 Å². The molecule has 0 aliphatic rings. The van der Waals surface area contributed by atoms with Gasteiger partial charge in [-0.15, -0.1) is 0 Å². The van der Waals surface area contributed by atoms with Crippen LogP contribution in [-0.2, 0) is 18.4 Å². The number of unbranched alkanes of at least 4 members (excludes halogenated alkanes) is 36. The number of carbonyl (C=O) groups is 1. The normalized spacial score (nSPS) is 14.2. The van der Waals surface area contributed by atoms with Crippen molar-refractivity contribution < 1.29 is 32.9 Å². The number of rotatable bonds is 53. The first-order chi connectivity index (χ1) is 32.5. The van der Waals surface area contributed by atoms with Gasteiger partial charge in [0.1, 0.15) is 13.2 Å². The summed E-state index contributed by atoms with van der Waals surface area (Å²) in [6.45, 7) is 4.67. The lowest BCUT2D eigenvalue weighted by atomic mass is 10.0. The summed E-state index contributed by atoms with van der Waals surface area (Å²) in [5, 5.41) is 13.9. The number of aliphatic hydroxyl groups is 1. The number of likely N-dealkylation sites (N-methyl/N-ethyl adjacent to an activating group) is 1. The molecular formula is C58H113N2O6P. The summed E-state index contributed by atoms with van der Waals surface area (Å²) in [7, 11) is 1.27. The van der Waals surface area contributed by atoms with Crippen molar-refractivity contribution in [2.75, 3.05) is 40.9 Å². The Hall–Kier alpha value is -1.28. The van der Waals surface area contributed by atoms with E-state index < -0.39 is 20.0 Å². The molecule has 0 aliphatic carbocycles. The number of hydrogen-bond donors (Lipinski definition) is 2. The molecule has 0 saturated carbocycles. The molecule has 3 unspecified atom stereocenters. The highest BCUT2D eigenvalue weighted by Gasteiger charge is 2.23. The van der Waals surface area contributed by atoms with E-state index in [1.807, 2.05) is 27.2 Å². The van der Waals surface area contributed by atoms with Crippen molar-refractivity contribution in [2.45, 2.75) is 289 Å². The van der Waals surface area contributed by atoms with E-state index in [0.717, 1.165) is 44.9 Å². The number of amides is 1. The number of quaternary nitrogens is 1. The molecule has 9 heteroatoms. The van der Waals surface area contributed by atoms with Crippen LogP contribution < -0.4 is 10.2 Å². The number of aliphatic hydroxyl groups excluding tert-OH is 1. The Bertz CT molecular complexity index is 1190. The van der Waals surface area contributed by atoms with Gasteiger partial charge < -0.3 is 28.8 Å². The van der Waals surface area contributed by atoms with Gasteiger partial charge in [0, 0.05) is 6.42 Å². The molecule has 0 radical (unpaired) electrons. The molecule has 0 bridgehead atoms. The third kappa shape index (κ3) is 52.4. The molecule has 67 heavy (non-hydrogen) atoms. The molecular weight excluding hydrogens is 852 g/mol. The number of phosphoric ester groups is 1. The van der Waals surface area contributed by atoms with Crippen LogP contribution >= 0.6 is 7.82 Å². The maximum absolute atomic E-state index is 13.0. The summed E-state index contributed by atoms with van der Waals surface area (Å²) >= 11 is 0. The monoisotopic (exact) mass is 965 g/mol. The van der Waals surface area contributed by atoms with Crippen LogP contribution in [0.3, 0.4) is 0 Å². The van der Waals surface area contributed by atoms with Crippen LogP contribution in [0.25, 0.3) is 0 Å². The summed E-state index contributed by atoms with van der Waals surface area (Å²) in [5.74, 6) is -0.194. The van der Waals surface area contributed by atoms with Crippen molar-refractivity contribution in [3.8, 4) is 0 Å². The van der Waals surface area contributed by atoms with Gasteiger partial charge in [-0.1, -0.05) is 256 Å². The molecule has 0 fully saturated rings. The molecule has 396 valence electrons. The second kappa shape index (κ2) is 49.7. The van der Waals surface area contributed by atoms with E-state index in [9.17, 15) is 19.4 Å². The Balaban J connectivity index is 4.16. The second-order valence-corrected chi connectivity index (χ2v) is 22.4. The molecule has 0 rings (SSSR count). The third-order valence-electron chi connectivity index (χ3n) is 13.1. The Morgan fingerprint density at radius 3 is 1.24 bits per heavy atom. The molecule has 0 aromatic heterocycles. The summed E-state index contributed by atoms with van der Waals surface area (Å²) in [4.78, 5) is 25.5. The average molecular weight is 966 g/mol. The van der Waals surface area contributed by atoms with Crippen LogP contribution in [0.1, 0.15) is 277 Å². The van der Waals surface area contributed by atoms with Crippen molar-refractivity contribution in [1.29, 1.82) is 0 Å². The van der Waals surface area contributed by atoms with Gasteiger partial charge in [-0.05, 0) is 51.4 Å². The SMILES string of the molecule is CCCCCCC/C=C\C/C=C\CCCCCCCCCCCCCCCCCC(=O)NC(COP(=O)([O-])OCC[N+](C)(C)C)C(O)/C=C/CCCCCCCCCCCCCCCCCC. The maximum atomic E-state index is 13.0. The smallest absolute Gasteiger partial charge is 0.268 e. The fourth-order valence-corrected chi connectivity index (χ4v) is 9.26. The van der Waals surface area contributed by atoms with E-state index in [1.165, 1.54) is 212 Å². The molecule has 2 N–H and O–H groups in total. The summed E-state index contributed by atoms with van der Waals surface area (Å²) in [6.07, 6.45) is 63.6. The molecule has 3 atom stereocenters. The van der Waals surface area contributed by atoms with Crippen molar-refractivity contribution in [3.63, 3.8) is 0 Å². The zero-order chi connectivity index (χ0) is 49.2. The lowest BCUT2D eigenvalue weighted by molar-refractivity contribution is -0.870. The predicted molar refractivity (Wildman–Crippen MR) is 288 cm³/mol. The molecule has 0 spiro atoms. The third-order valence-corrected chi connectivity index (χ3v) is 14.1. The van der Waals surface area contributed by atoms with Crippen LogP contribution in [0, 0.1) is 0 Å². The predicted octanol–water partition coefficient (Wildman–Crippen LogP) is 16.7. The van der Waals surface area contributed by atoms with Gasteiger partial charge >= 0.3 is 0 Å². The van der Waals surface area contributed by atoms with E-state index in [-0.39, 0.29) is 19.1 Å². The Morgan fingerprint density at radius 1 is 0.522 bits per heavy atom. The molecule has 0 saturated heterocycles.